The number of fused-ring (bicyclic) bond motifs is 1. The van der Waals surface area contributed by atoms with E-state index in [1.165, 1.54) is 0 Å². The molecule has 3 saturated heterocycles. The zero-order chi connectivity index (χ0) is 10.3. The molecule has 1 N–H and O–H groups in total. The number of rotatable bonds is 3. The molecule has 4 aliphatic rings. The van der Waals surface area contributed by atoms with Crippen LogP contribution in [0.25, 0.3) is 0 Å². The van der Waals surface area contributed by atoms with Crippen LogP contribution >= 0.6 is 0 Å². The Kier molecular flexibility index (Phi) is 2.41. The van der Waals surface area contributed by atoms with Crippen molar-refractivity contribution >= 4 is 5.97 Å². The summed E-state index contributed by atoms with van der Waals surface area (Å²) < 4.78 is 10.6. The summed E-state index contributed by atoms with van der Waals surface area (Å²) in [6.07, 6.45) is 2.19. The van der Waals surface area contributed by atoms with Crippen molar-refractivity contribution in [2.75, 3.05) is 26.4 Å². The first-order valence-corrected chi connectivity index (χ1v) is 5.82. The van der Waals surface area contributed by atoms with Gasteiger partial charge in [0.2, 0.25) is 0 Å². The first kappa shape index (κ1) is 9.60. The van der Waals surface area contributed by atoms with Gasteiger partial charge in [-0.3, -0.25) is 4.79 Å². The predicted molar refractivity (Wildman–Crippen MR) is 53.3 cm³/mol. The van der Waals surface area contributed by atoms with Crippen LogP contribution in [-0.4, -0.2) is 38.4 Å². The van der Waals surface area contributed by atoms with Crippen LogP contribution in [0, 0.1) is 17.8 Å². The highest BCUT2D eigenvalue weighted by Crippen LogP contribution is 2.40. The number of carbonyl (C=O) groups excluding carboxylic acids is 1. The van der Waals surface area contributed by atoms with Crippen LogP contribution in [0.15, 0.2) is 0 Å². The Morgan fingerprint density at radius 1 is 1.53 bits per heavy atom. The lowest BCUT2D eigenvalue weighted by molar-refractivity contribution is -0.155. The van der Waals surface area contributed by atoms with Crippen molar-refractivity contribution in [1.29, 1.82) is 0 Å². The zero-order valence-corrected chi connectivity index (χ0v) is 8.78. The summed E-state index contributed by atoms with van der Waals surface area (Å²) in [5.41, 5.74) is 0. The molecule has 0 amide bonds. The largest absolute Gasteiger partial charge is 0.465 e. The van der Waals surface area contributed by atoms with Crippen molar-refractivity contribution in [2.24, 2.45) is 17.8 Å². The Hall–Kier alpha value is -0.610. The lowest BCUT2D eigenvalue weighted by Gasteiger charge is -2.32. The van der Waals surface area contributed by atoms with Gasteiger partial charge >= 0.3 is 5.97 Å². The number of hydrogen-bond donors (Lipinski definition) is 1. The minimum atomic E-state index is 0.00755. The molecular weight excluding hydrogens is 194 g/mol. The maximum absolute atomic E-state index is 11.7. The van der Waals surface area contributed by atoms with E-state index in [2.05, 4.69) is 5.32 Å². The highest BCUT2D eigenvalue weighted by molar-refractivity contribution is 5.75. The first-order valence-electron chi connectivity index (χ1n) is 5.82. The van der Waals surface area contributed by atoms with Crippen LogP contribution in [0.3, 0.4) is 0 Å². The third kappa shape index (κ3) is 1.66. The molecule has 1 aliphatic carbocycles. The zero-order valence-electron chi connectivity index (χ0n) is 8.78. The Morgan fingerprint density at radius 2 is 2.47 bits per heavy atom. The van der Waals surface area contributed by atoms with Gasteiger partial charge in [-0.2, -0.15) is 0 Å². The minimum Gasteiger partial charge on any atom is -0.465 e. The second-order valence-corrected chi connectivity index (χ2v) is 4.90. The fourth-order valence-electron chi connectivity index (χ4n) is 2.84. The molecule has 0 aromatic heterocycles. The van der Waals surface area contributed by atoms with E-state index in [9.17, 15) is 4.79 Å². The molecule has 4 nitrogen and oxygen atoms in total. The highest BCUT2D eigenvalue weighted by Gasteiger charge is 2.51. The molecule has 3 aliphatic heterocycles. The van der Waals surface area contributed by atoms with Gasteiger partial charge in [-0.25, -0.2) is 0 Å². The van der Waals surface area contributed by atoms with Crippen LogP contribution in [0.2, 0.25) is 0 Å². The summed E-state index contributed by atoms with van der Waals surface area (Å²) in [7, 11) is 0. The standard InChI is InChI=1S/C11H17NO3/c13-11(10-8-3-9(10)12-4-8)15-6-7-1-2-14-5-7/h7-10,12H,1-6H2. The minimum absolute atomic E-state index is 0.00755. The molecule has 1 saturated carbocycles. The molecule has 0 aromatic carbocycles. The molecule has 3 heterocycles. The average Bonchev–Trinajstić information content (AvgIpc) is 2.91. The summed E-state index contributed by atoms with van der Waals surface area (Å²) in [4.78, 5) is 11.7. The Labute approximate surface area is 89.3 Å². The quantitative estimate of drug-likeness (QED) is 0.676. The number of hydrogen-bond acceptors (Lipinski definition) is 4. The van der Waals surface area contributed by atoms with Gasteiger partial charge < -0.3 is 14.8 Å². The fourth-order valence-corrected chi connectivity index (χ4v) is 2.84. The van der Waals surface area contributed by atoms with Crippen molar-refractivity contribution in [3.63, 3.8) is 0 Å². The average molecular weight is 211 g/mol. The Morgan fingerprint density at radius 3 is 3.07 bits per heavy atom. The molecule has 0 spiro atoms. The Bertz CT molecular complexity index is 249. The predicted octanol–water partition coefficient (Wildman–Crippen LogP) is 0.174. The van der Waals surface area contributed by atoms with Crippen LogP contribution in [0.5, 0.6) is 0 Å². The highest BCUT2D eigenvalue weighted by atomic mass is 16.5. The van der Waals surface area contributed by atoms with E-state index in [1.807, 2.05) is 0 Å². The molecule has 4 rings (SSSR count). The van der Waals surface area contributed by atoms with Gasteiger partial charge in [0.25, 0.3) is 0 Å². The number of nitrogens with one attached hydrogen (secondary N) is 1. The van der Waals surface area contributed by atoms with Crippen LogP contribution in [0.4, 0.5) is 0 Å². The molecule has 4 unspecified atom stereocenters. The molecule has 4 heteroatoms. The Balaban J connectivity index is 1.45. The van der Waals surface area contributed by atoms with Crippen molar-refractivity contribution < 1.29 is 14.3 Å². The van der Waals surface area contributed by atoms with Gasteiger partial charge in [-0.1, -0.05) is 0 Å². The van der Waals surface area contributed by atoms with Crippen LogP contribution in [0.1, 0.15) is 12.8 Å². The maximum Gasteiger partial charge on any atom is 0.310 e. The van der Waals surface area contributed by atoms with Crippen molar-refractivity contribution in [3.05, 3.63) is 0 Å². The summed E-state index contributed by atoms with van der Waals surface area (Å²) in [5.74, 6) is 1.13. The number of carbonyl (C=O) groups is 1. The lowest BCUT2D eigenvalue weighted by atomic mass is 9.74. The first-order chi connectivity index (χ1) is 7.34. The molecule has 15 heavy (non-hydrogen) atoms. The van der Waals surface area contributed by atoms with Gasteiger partial charge in [0.05, 0.1) is 19.1 Å². The lowest BCUT2D eigenvalue weighted by Crippen LogP contribution is -2.43. The van der Waals surface area contributed by atoms with E-state index in [-0.39, 0.29) is 11.9 Å². The van der Waals surface area contributed by atoms with Crippen molar-refractivity contribution in [2.45, 2.75) is 18.9 Å². The van der Waals surface area contributed by atoms with Crippen molar-refractivity contribution in [3.8, 4) is 0 Å². The summed E-state index contributed by atoms with van der Waals surface area (Å²) in [5, 5.41) is 3.33. The SMILES string of the molecule is O=C(OCC1CCOC1)C1C2CNC1C2. The topological polar surface area (TPSA) is 47.6 Å². The van der Waals surface area contributed by atoms with Gasteiger partial charge in [0.1, 0.15) is 0 Å². The third-order valence-corrected chi connectivity index (χ3v) is 3.90. The monoisotopic (exact) mass is 211 g/mol. The normalized spacial score (nSPS) is 42.7. The maximum atomic E-state index is 11.7. The number of ether oxygens (including phenoxy) is 2. The van der Waals surface area contributed by atoms with Crippen LogP contribution < -0.4 is 5.32 Å². The molecule has 4 atom stereocenters. The van der Waals surface area contributed by atoms with E-state index in [1.54, 1.807) is 0 Å². The van der Waals surface area contributed by atoms with E-state index >= 15 is 0 Å². The summed E-state index contributed by atoms with van der Waals surface area (Å²) in [6, 6.07) is 0.405. The van der Waals surface area contributed by atoms with E-state index in [0.29, 0.717) is 24.5 Å². The van der Waals surface area contributed by atoms with Gasteiger partial charge in [0, 0.05) is 18.6 Å². The number of esters is 1. The smallest absolute Gasteiger partial charge is 0.310 e. The molecule has 2 bridgehead atoms. The molecule has 0 aromatic rings. The molecule has 4 fully saturated rings. The summed E-state index contributed by atoms with van der Waals surface area (Å²) in [6.45, 7) is 3.12. The molecular formula is C11H17NO3. The van der Waals surface area contributed by atoms with E-state index in [0.717, 1.165) is 32.6 Å². The van der Waals surface area contributed by atoms with Crippen molar-refractivity contribution in [1.82, 2.24) is 5.32 Å². The second kappa shape index (κ2) is 3.76. The molecule has 0 radical (unpaired) electrons. The van der Waals surface area contributed by atoms with E-state index in [4.69, 9.17) is 9.47 Å². The third-order valence-electron chi connectivity index (χ3n) is 3.90. The second-order valence-electron chi connectivity index (χ2n) is 4.90. The van der Waals surface area contributed by atoms with Crippen LogP contribution in [-0.2, 0) is 14.3 Å². The summed E-state index contributed by atoms with van der Waals surface area (Å²) >= 11 is 0. The van der Waals surface area contributed by atoms with E-state index < -0.39 is 0 Å². The van der Waals surface area contributed by atoms with Gasteiger partial charge in [0.15, 0.2) is 0 Å². The fraction of sp³-hybridized carbons (Fsp3) is 0.909. The van der Waals surface area contributed by atoms with Gasteiger partial charge in [-0.05, 0) is 25.3 Å². The van der Waals surface area contributed by atoms with Gasteiger partial charge in [-0.15, -0.1) is 0 Å². The molecule has 84 valence electrons.